The third-order valence-electron chi connectivity index (χ3n) is 2.90. The zero-order valence-electron chi connectivity index (χ0n) is 12.0. The molecule has 0 aliphatic rings. The fourth-order valence-electron chi connectivity index (χ4n) is 1.79. The predicted octanol–water partition coefficient (Wildman–Crippen LogP) is 3.22. The molecule has 20 heavy (non-hydrogen) atoms. The number of aryl methyl sites for hydroxylation is 1. The monoisotopic (exact) mass is 268 g/mol. The summed E-state index contributed by atoms with van der Waals surface area (Å²) < 4.78 is 0. The largest absolute Gasteiger partial charge is 0.304 e. The molecule has 0 aliphatic carbocycles. The fraction of sp³-hybridized carbons (Fsp3) is 0.250. The van der Waals surface area contributed by atoms with Crippen molar-refractivity contribution in [1.29, 1.82) is 0 Å². The van der Waals surface area contributed by atoms with Gasteiger partial charge in [-0.1, -0.05) is 43.8 Å². The highest BCUT2D eigenvalue weighted by Gasteiger charge is 2.03. The Morgan fingerprint density at radius 3 is 2.65 bits per heavy atom. The summed E-state index contributed by atoms with van der Waals surface area (Å²) in [5.41, 5.74) is 9.16. The lowest BCUT2D eigenvalue weighted by Crippen LogP contribution is -2.21. The number of hydrogen-bond donors (Lipinski definition) is 2. The molecule has 2 rings (SSSR count). The van der Waals surface area contributed by atoms with Crippen LogP contribution in [0.4, 0.5) is 5.82 Å². The maximum absolute atomic E-state index is 4.51. The summed E-state index contributed by atoms with van der Waals surface area (Å²) in [6.07, 6.45) is 1.60. The van der Waals surface area contributed by atoms with Gasteiger partial charge in [-0.2, -0.15) is 0 Å². The lowest BCUT2D eigenvalue weighted by molar-refractivity contribution is 0.864. The summed E-state index contributed by atoms with van der Waals surface area (Å²) in [4.78, 5) is 8.98. The number of rotatable bonds is 6. The first-order valence-electron chi connectivity index (χ1n) is 6.75. The van der Waals surface area contributed by atoms with Crippen molar-refractivity contribution in [2.75, 3.05) is 5.43 Å². The molecule has 2 aromatic rings. The Kier molecular flexibility index (Phi) is 4.71. The topological polar surface area (TPSA) is 49.8 Å². The number of hydrogen-bond acceptors (Lipinski definition) is 4. The summed E-state index contributed by atoms with van der Waals surface area (Å²) in [7, 11) is 0. The molecular weight excluding hydrogens is 248 g/mol. The van der Waals surface area contributed by atoms with E-state index in [9.17, 15) is 0 Å². The van der Waals surface area contributed by atoms with Gasteiger partial charge in [0.1, 0.15) is 11.6 Å². The van der Waals surface area contributed by atoms with E-state index in [-0.39, 0.29) is 0 Å². The van der Waals surface area contributed by atoms with Gasteiger partial charge in [0, 0.05) is 23.9 Å². The van der Waals surface area contributed by atoms with Gasteiger partial charge in [0.25, 0.3) is 0 Å². The van der Waals surface area contributed by atoms with E-state index in [4.69, 9.17) is 0 Å². The second-order valence-corrected chi connectivity index (χ2v) is 4.68. The number of nitrogens with one attached hydrogen (secondary N) is 2. The standard InChI is InChI=1S/C16H20N4/c1-4-12(2)19-20-16-10-13(3)17-15(18-16)11-14-8-6-5-7-9-14/h5-10,19H,2,4,11H2,1,3H3,(H,17,18,20). The lowest BCUT2D eigenvalue weighted by atomic mass is 10.1. The van der Waals surface area contributed by atoms with Crippen LogP contribution in [-0.2, 0) is 6.42 Å². The van der Waals surface area contributed by atoms with Crippen molar-refractivity contribution in [3.8, 4) is 0 Å². The fourth-order valence-corrected chi connectivity index (χ4v) is 1.79. The molecule has 0 saturated heterocycles. The summed E-state index contributed by atoms with van der Waals surface area (Å²) in [5.74, 6) is 1.57. The van der Waals surface area contributed by atoms with Gasteiger partial charge < -0.3 is 5.43 Å². The van der Waals surface area contributed by atoms with Crippen LogP contribution in [0.2, 0.25) is 0 Å². The molecule has 1 aromatic heterocycles. The number of nitrogens with zero attached hydrogens (tertiary/aromatic N) is 2. The first-order chi connectivity index (χ1) is 9.67. The molecule has 0 amide bonds. The molecule has 2 N–H and O–H groups in total. The van der Waals surface area contributed by atoms with Crippen LogP contribution in [0.15, 0.2) is 48.7 Å². The van der Waals surface area contributed by atoms with Crippen LogP contribution in [0.1, 0.15) is 30.4 Å². The van der Waals surface area contributed by atoms with E-state index in [0.29, 0.717) is 0 Å². The minimum absolute atomic E-state index is 0.728. The second-order valence-electron chi connectivity index (χ2n) is 4.68. The van der Waals surface area contributed by atoms with Crippen molar-refractivity contribution in [3.05, 3.63) is 65.8 Å². The molecule has 0 saturated carbocycles. The molecule has 0 bridgehead atoms. The molecular formula is C16H20N4. The van der Waals surface area contributed by atoms with Gasteiger partial charge in [0.15, 0.2) is 0 Å². The van der Waals surface area contributed by atoms with Gasteiger partial charge in [-0.3, -0.25) is 5.43 Å². The quantitative estimate of drug-likeness (QED) is 0.790. The van der Waals surface area contributed by atoms with E-state index >= 15 is 0 Å². The molecule has 0 spiro atoms. The van der Waals surface area contributed by atoms with Crippen LogP contribution in [0.25, 0.3) is 0 Å². The second kappa shape index (κ2) is 6.70. The smallest absolute Gasteiger partial charge is 0.148 e. The average molecular weight is 268 g/mol. The Hall–Kier alpha value is -2.36. The minimum Gasteiger partial charge on any atom is -0.304 e. The molecule has 104 valence electrons. The van der Waals surface area contributed by atoms with Gasteiger partial charge in [-0.15, -0.1) is 0 Å². The Balaban J connectivity index is 2.10. The highest BCUT2D eigenvalue weighted by atomic mass is 15.4. The number of benzene rings is 1. The van der Waals surface area contributed by atoms with E-state index in [0.717, 1.165) is 35.9 Å². The molecule has 1 aromatic carbocycles. The summed E-state index contributed by atoms with van der Waals surface area (Å²) in [6.45, 7) is 7.90. The highest BCUT2D eigenvalue weighted by Crippen LogP contribution is 2.10. The van der Waals surface area contributed by atoms with Gasteiger partial charge in [-0.25, -0.2) is 9.97 Å². The normalized spacial score (nSPS) is 10.1. The Labute approximate surface area is 119 Å². The van der Waals surface area contributed by atoms with Crippen molar-refractivity contribution in [3.63, 3.8) is 0 Å². The maximum atomic E-state index is 4.51. The SMILES string of the molecule is C=C(CC)NNc1cc(C)nc(Cc2ccccc2)n1. The van der Waals surface area contributed by atoms with Crippen LogP contribution >= 0.6 is 0 Å². The number of allylic oxidation sites excluding steroid dienone is 1. The molecule has 0 unspecified atom stereocenters. The molecule has 1 heterocycles. The van der Waals surface area contributed by atoms with E-state index in [1.165, 1.54) is 5.56 Å². The molecule has 0 aliphatic heterocycles. The van der Waals surface area contributed by atoms with E-state index in [1.807, 2.05) is 38.1 Å². The number of anilines is 1. The zero-order chi connectivity index (χ0) is 14.4. The first-order valence-corrected chi connectivity index (χ1v) is 6.75. The van der Waals surface area contributed by atoms with Crippen LogP contribution in [0, 0.1) is 6.92 Å². The molecule has 0 atom stereocenters. The summed E-state index contributed by atoms with van der Waals surface area (Å²) in [6, 6.07) is 12.1. The van der Waals surface area contributed by atoms with Crippen molar-refractivity contribution in [2.45, 2.75) is 26.7 Å². The van der Waals surface area contributed by atoms with Crippen molar-refractivity contribution in [2.24, 2.45) is 0 Å². The molecule has 0 fully saturated rings. The molecule has 4 heteroatoms. The van der Waals surface area contributed by atoms with E-state index < -0.39 is 0 Å². The van der Waals surface area contributed by atoms with Gasteiger partial charge in [-0.05, 0) is 18.9 Å². The average Bonchev–Trinajstić information content (AvgIpc) is 2.45. The van der Waals surface area contributed by atoms with Crippen molar-refractivity contribution in [1.82, 2.24) is 15.4 Å². The zero-order valence-corrected chi connectivity index (χ0v) is 12.0. The van der Waals surface area contributed by atoms with Gasteiger partial charge in [0.2, 0.25) is 0 Å². The third kappa shape index (κ3) is 4.09. The van der Waals surface area contributed by atoms with Gasteiger partial charge >= 0.3 is 0 Å². The lowest BCUT2D eigenvalue weighted by Gasteiger charge is -2.11. The molecule has 0 radical (unpaired) electrons. The highest BCUT2D eigenvalue weighted by molar-refractivity contribution is 5.36. The van der Waals surface area contributed by atoms with Crippen molar-refractivity contribution >= 4 is 5.82 Å². The Bertz CT molecular complexity index is 578. The van der Waals surface area contributed by atoms with E-state index in [2.05, 4.69) is 39.5 Å². The Morgan fingerprint density at radius 1 is 1.20 bits per heavy atom. The van der Waals surface area contributed by atoms with Crippen LogP contribution in [0.3, 0.4) is 0 Å². The first kappa shape index (κ1) is 14.1. The van der Waals surface area contributed by atoms with E-state index in [1.54, 1.807) is 0 Å². The maximum Gasteiger partial charge on any atom is 0.148 e. The van der Waals surface area contributed by atoms with Crippen LogP contribution in [0.5, 0.6) is 0 Å². The third-order valence-corrected chi connectivity index (χ3v) is 2.90. The van der Waals surface area contributed by atoms with Crippen molar-refractivity contribution < 1.29 is 0 Å². The van der Waals surface area contributed by atoms with Crippen LogP contribution < -0.4 is 10.9 Å². The summed E-state index contributed by atoms with van der Waals surface area (Å²) >= 11 is 0. The van der Waals surface area contributed by atoms with Gasteiger partial charge in [0.05, 0.1) is 0 Å². The predicted molar refractivity (Wildman–Crippen MR) is 82.2 cm³/mol. The summed E-state index contributed by atoms with van der Waals surface area (Å²) in [5, 5.41) is 0. The van der Waals surface area contributed by atoms with Crippen LogP contribution in [-0.4, -0.2) is 9.97 Å². The Morgan fingerprint density at radius 2 is 1.95 bits per heavy atom. The molecule has 4 nitrogen and oxygen atoms in total. The minimum atomic E-state index is 0.728. The number of hydrazine groups is 1. The number of aromatic nitrogens is 2.